The quantitative estimate of drug-likeness (QED) is 0.693. The van der Waals surface area contributed by atoms with Gasteiger partial charge in [0.15, 0.2) is 11.5 Å². The molecule has 2 aliphatic rings. The molecule has 0 atom stereocenters. The van der Waals surface area contributed by atoms with Gasteiger partial charge in [-0.3, -0.25) is 4.99 Å². The van der Waals surface area contributed by atoms with Crippen LogP contribution in [0, 0.1) is 0 Å². The maximum atomic E-state index is 6.37. The molecule has 156 valence electrons. The number of fused-ring (bicyclic) bond motifs is 3. The van der Waals surface area contributed by atoms with Crippen molar-refractivity contribution < 1.29 is 14.2 Å². The van der Waals surface area contributed by atoms with Crippen LogP contribution in [0.3, 0.4) is 0 Å². The van der Waals surface area contributed by atoms with Crippen molar-refractivity contribution >= 4 is 18.1 Å². The maximum Gasteiger partial charge on any atom is 0.166 e. The minimum Gasteiger partial charge on any atom is -0.492 e. The second-order valence-electron chi connectivity index (χ2n) is 8.96. The van der Waals surface area contributed by atoms with Crippen molar-refractivity contribution in [1.82, 2.24) is 0 Å². The van der Waals surface area contributed by atoms with Gasteiger partial charge in [0.2, 0.25) is 0 Å². The molecule has 0 saturated heterocycles. The van der Waals surface area contributed by atoms with E-state index in [4.69, 9.17) is 19.2 Å². The fourth-order valence-corrected chi connectivity index (χ4v) is 4.50. The zero-order chi connectivity index (χ0) is 20.1. The highest BCUT2D eigenvalue weighted by Gasteiger charge is 2.41. The van der Waals surface area contributed by atoms with Crippen molar-refractivity contribution in [1.29, 1.82) is 0 Å². The molecule has 5 heteroatoms. The number of benzene rings is 2. The van der Waals surface area contributed by atoms with E-state index in [0.717, 1.165) is 41.2 Å². The zero-order valence-electron chi connectivity index (χ0n) is 18.1. The van der Waals surface area contributed by atoms with Crippen LogP contribution in [0.2, 0.25) is 0 Å². The molecule has 0 bridgehead atoms. The SMILES string of the molecule is COCc1c2c(c3c(c1OC)OC(C)(C)C3)C(c1ccccc1)=NC(C)(C)C2.Cl. The summed E-state index contributed by atoms with van der Waals surface area (Å²) in [5.41, 5.74) is 6.47. The van der Waals surface area contributed by atoms with Crippen LogP contribution in [0.1, 0.15) is 55.5 Å². The second kappa shape index (κ2) is 7.66. The molecule has 0 radical (unpaired) electrons. The van der Waals surface area contributed by atoms with Crippen LogP contribution in [-0.2, 0) is 24.2 Å². The third-order valence-corrected chi connectivity index (χ3v) is 5.50. The van der Waals surface area contributed by atoms with Gasteiger partial charge in [-0.2, -0.15) is 0 Å². The summed E-state index contributed by atoms with van der Waals surface area (Å²) in [7, 11) is 3.44. The van der Waals surface area contributed by atoms with Crippen molar-refractivity contribution in [2.75, 3.05) is 14.2 Å². The number of ether oxygens (including phenoxy) is 3. The number of aliphatic imine (C=N–C) groups is 1. The Morgan fingerprint density at radius 2 is 1.69 bits per heavy atom. The molecule has 2 aromatic carbocycles. The fourth-order valence-electron chi connectivity index (χ4n) is 4.50. The van der Waals surface area contributed by atoms with E-state index in [2.05, 4.69) is 52.0 Å². The number of hydrogen-bond donors (Lipinski definition) is 0. The molecule has 29 heavy (non-hydrogen) atoms. The van der Waals surface area contributed by atoms with Gasteiger partial charge in [0.25, 0.3) is 0 Å². The highest BCUT2D eigenvalue weighted by atomic mass is 35.5. The fraction of sp³-hybridized carbons (Fsp3) is 0.458. The summed E-state index contributed by atoms with van der Waals surface area (Å²) in [6, 6.07) is 10.5. The molecule has 2 aliphatic heterocycles. The largest absolute Gasteiger partial charge is 0.492 e. The van der Waals surface area contributed by atoms with E-state index in [1.54, 1.807) is 14.2 Å². The lowest BCUT2D eigenvalue weighted by atomic mass is 9.78. The first-order valence-corrected chi connectivity index (χ1v) is 9.84. The summed E-state index contributed by atoms with van der Waals surface area (Å²) >= 11 is 0. The van der Waals surface area contributed by atoms with Crippen molar-refractivity contribution in [2.24, 2.45) is 4.99 Å². The van der Waals surface area contributed by atoms with Crippen LogP contribution in [-0.4, -0.2) is 31.1 Å². The van der Waals surface area contributed by atoms with E-state index >= 15 is 0 Å². The normalized spacial score (nSPS) is 18.1. The van der Waals surface area contributed by atoms with E-state index in [-0.39, 0.29) is 23.5 Å². The Balaban J connectivity index is 0.00000240. The third kappa shape index (κ3) is 3.76. The lowest BCUT2D eigenvalue weighted by molar-refractivity contribution is 0.132. The Labute approximate surface area is 179 Å². The Morgan fingerprint density at radius 1 is 1.00 bits per heavy atom. The van der Waals surface area contributed by atoms with Gasteiger partial charge < -0.3 is 14.2 Å². The number of rotatable bonds is 4. The van der Waals surface area contributed by atoms with Gasteiger partial charge in [0.05, 0.1) is 25.0 Å². The summed E-state index contributed by atoms with van der Waals surface area (Å²) in [6.45, 7) is 9.12. The van der Waals surface area contributed by atoms with Gasteiger partial charge in [-0.15, -0.1) is 12.4 Å². The standard InChI is InChI=1S/C24H29NO3.ClH/c1-23(2)12-16-18(14-26-5)21(27-6)22-17(13-24(3,4)28-22)19(16)20(25-23)15-10-8-7-9-11-15;/h7-11H,12-14H2,1-6H3;1H. The van der Waals surface area contributed by atoms with Gasteiger partial charge in [-0.05, 0) is 39.7 Å². The van der Waals surface area contributed by atoms with Crippen LogP contribution in [0.4, 0.5) is 0 Å². The lowest BCUT2D eigenvalue weighted by Gasteiger charge is -2.33. The summed E-state index contributed by atoms with van der Waals surface area (Å²) in [6.07, 6.45) is 1.68. The molecule has 4 rings (SSSR count). The van der Waals surface area contributed by atoms with Gasteiger partial charge in [0, 0.05) is 35.8 Å². The minimum absolute atomic E-state index is 0. The molecule has 0 aliphatic carbocycles. The Kier molecular flexibility index (Phi) is 5.72. The first kappa shape index (κ1) is 21.7. The van der Waals surface area contributed by atoms with Crippen molar-refractivity contribution in [3.63, 3.8) is 0 Å². The minimum atomic E-state index is -0.274. The maximum absolute atomic E-state index is 6.37. The van der Waals surface area contributed by atoms with Gasteiger partial charge >= 0.3 is 0 Å². The molecule has 2 aromatic rings. The van der Waals surface area contributed by atoms with Gasteiger partial charge in [-0.1, -0.05) is 30.3 Å². The van der Waals surface area contributed by atoms with Crippen molar-refractivity contribution in [3.8, 4) is 11.5 Å². The molecular weight excluding hydrogens is 386 g/mol. The van der Waals surface area contributed by atoms with E-state index in [0.29, 0.717) is 6.61 Å². The predicted octanol–water partition coefficient (Wildman–Crippen LogP) is 5.15. The number of nitrogens with zero attached hydrogens (tertiary/aromatic N) is 1. The second-order valence-corrected chi connectivity index (χ2v) is 8.96. The average Bonchev–Trinajstić information content (AvgIpc) is 2.96. The Morgan fingerprint density at radius 3 is 2.31 bits per heavy atom. The zero-order valence-corrected chi connectivity index (χ0v) is 18.9. The van der Waals surface area contributed by atoms with Crippen LogP contribution in [0.5, 0.6) is 11.5 Å². The first-order chi connectivity index (χ1) is 13.3. The third-order valence-electron chi connectivity index (χ3n) is 5.50. The summed E-state index contributed by atoms with van der Waals surface area (Å²) in [5, 5.41) is 0. The summed E-state index contributed by atoms with van der Waals surface area (Å²) in [4.78, 5) is 5.19. The van der Waals surface area contributed by atoms with E-state index in [9.17, 15) is 0 Å². The smallest absolute Gasteiger partial charge is 0.166 e. The molecule has 0 spiro atoms. The predicted molar refractivity (Wildman–Crippen MR) is 119 cm³/mol. The van der Waals surface area contributed by atoms with Gasteiger partial charge in [0.1, 0.15) is 5.60 Å². The molecule has 4 nitrogen and oxygen atoms in total. The van der Waals surface area contributed by atoms with E-state index in [1.807, 2.05) is 6.07 Å². The Bertz CT molecular complexity index is 949. The monoisotopic (exact) mass is 415 g/mol. The topological polar surface area (TPSA) is 40.0 Å². The van der Waals surface area contributed by atoms with E-state index in [1.165, 1.54) is 16.7 Å². The summed E-state index contributed by atoms with van der Waals surface area (Å²) < 4.78 is 17.8. The number of methoxy groups -OCH3 is 2. The molecule has 2 heterocycles. The molecule has 0 aromatic heterocycles. The number of halogens is 1. The molecule has 0 unspecified atom stereocenters. The Hall–Kier alpha value is -2.04. The molecular formula is C24H30ClNO3. The van der Waals surface area contributed by atoms with Crippen molar-refractivity contribution in [2.45, 2.75) is 58.3 Å². The molecule has 0 fully saturated rings. The van der Waals surface area contributed by atoms with Crippen LogP contribution >= 0.6 is 12.4 Å². The average molecular weight is 416 g/mol. The van der Waals surface area contributed by atoms with Gasteiger partial charge in [-0.25, -0.2) is 0 Å². The summed E-state index contributed by atoms with van der Waals surface area (Å²) in [5.74, 6) is 1.66. The lowest BCUT2D eigenvalue weighted by Crippen LogP contribution is -2.31. The highest BCUT2D eigenvalue weighted by molar-refractivity contribution is 6.16. The first-order valence-electron chi connectivity index (χ1n) is 9.84. The van der Waals surface area contributed by atoms with Crippen molar-refractivity contribution in [3.05, 3.63) is 58.1 Å². The highest BCUT2D eigenvalue weighted by Crippen LogP contribution is 2.50. The van der Waals surface area contributed by atoms with E-state index < -0.39 is 0 Å². The molecule has 0 saturated carbocycles. The number of hydrogen-bond acceptors (Lipinski definition) is 4. The van der Waals surface area contributed by atoms with Crippen LogP contribution in [0.25, 0.3) is 0 Å². The van der Waals surface area contributed by atoms with Crippen LogP contribution < -0.4 is 9.47 Å². The van der Waals surface area contributed by atoms with Crippen LogP contribution in [0.15, 0.2) is 35.3 Å². The molecule has 0 amide bonds. The molecule has 0 N–H and O–H groups in total.